The van der Waals surface area contributed by atoms with Crippen LogP contribution >= 0.6 is 11.6 Å². The van der Waals surface area contributed by atoms with E-state index in [4.69, 9.17) is 11.6 Å². The van der Waals surface area contributed by atoms with E-state index in [1.165, 1.54) is 6.42 Å². The highest BCUT2D eigenvalue weighted by Gasteiger charge is 2.37. The van der Waals surface area contributed by atoms with Crippen molar-refractivity contribution >= 4 is 39.9 Å². The Bertz CT molecular complexity index is 1190. The van der Waals surface area contributed by atoms with Crippen molar-refractivity contribution in [1.82, 2.24) is 9.88 Å². The molecule has 1 saturated carbocycles. The lowest BCUT2D eigenvalue weighted by atomic mass is 9.90. The molecular weight excluding hydrogens is 422 g/mol. The number of aromatic nitrogens is 1. The molecule has 0 bridgehead atoms. The van der Waals surface area contributed by atoms with E-state index in [0.29, 0.717) is 23.8 Å². The third-order valence-corrected chi connectivity index (χ3v) is 6.96. The number of carbonyl (C=O) groups is 2. The molecule has 164 valence electrons. The fourth-order valence-corrected chi connectivity index (χ4v) is 5.25. The summed E-state index contributed by atoms with van der Waals surface area (Å²) in [5, 5.41) is 2.44. The lowest BCUT2D eigenvalue weighted by Gasteiger charge is -2.42. The molecular formula is C26H26ClN3O2. The first-order chi connectivity index (χ1) is 15.5. The second-order valence-electron chi connectivity index (χ2n) is 8.80. The Morgan fingerprint density at radius 2 is 1.84 bits per heavy atom. The van der Waals surface area contributed by atoms with Crippen LogP contribution in [0.1, 0.15) is 60.5 Å². The smallest absolute Gasteiger partial charge is 0.257 e. The molecule has 32 heavy (non-hydrogen) atoms. The molecule has 1 aliphatic heterocycles. The van der Waals surface area contributed by atoms with Crippen molar-refractivity contribution in [3.63, 3.8) is 0 Å². The molecule has 0 unspecified atom stereocenters. The molecule has 5 nitrogen and oxygen atoms in total. The molecule has 5 rings (SSSR count). The lowest BCUT2D eigenvalue weighted by molar-refractivity contribution is -0.117. The zero-order valence-electron chi connectivity index (χ0n) is 18.2. The van der Waals surface area contributed by atoms with E-state index in [1.54, 1.807) is 24.1 Å². The zero-order chi connectivity index (χ0) is 22.2. The summed E-state index contributed by atoms with van der Waals surface area (Å²) in [6.45, 7) is 1.91. The van der Waals surface area contributed by atoms with Crippen LogP contribution in [0.3, 0.4) is 0 Å². The minimum Gasteiger partial charge on any atom is -0.317 e. The van der Waals surface area contributed by atoms with Gasteiger partial charge in [0, 0.05) is 24.5 Å². The first-order valence-electron chi connectivity index (χ1n) is 11.3. The molecule has 1 aliphatic carbocycles. The highest BCUT2D eigenvalue weighted by Crippen LogP contribution is 2.39. The van der Waals surface area contributed by atoms with Gasteiger partial charge in [0.2, 0.25) is 5.91 Å². The van der Waals surface area contributed by atoms with Crippen LogP contribution in [0.4, 0.5) is 5.69 Å². The van der Waals surface area contributed by atoms with Gasteiger partial charge in [-0.2, -0.15) is 0 Å². The molecule has 0 N–H and O–H groups in total. The average molecular weight is 448 g/mol. The number of amides is 2. The molecule has 1 fully saturated rings. The van der Waals surface area contributed by atoms with Crippen molar-refractivity contribution in [2.75, 3.05) is 11.6 Å². The number of carbonyl (C=O) groups excluding carboxylic acids is 2. The van der Waals surface area contributed by atoms with Crippen LogP contribution in [0.15, 0.2) is 48.7 Å². The monoisotopic (exact) mass is 447 g/mol. The quantitative estimate of drug-likeness (QED) is 0.492. The number of hydrogen-bond acceptors (Lipinski definition) is 3. The Balaban J connectivity index is 1.65. The first-order valence-corrected chi connectivity index (χ1v) is 11.6. The summed E-state index contributed by atoms with van der Waals surface area (Å²) in [4.78, 5) is 34.4. The van der Waals surface area contributed by atoms with Gasteiger partial charge in [-0.05, 0) is 47.9 Å². The predicted molar refractivity (Wildman–Crippen MR) is 127 cm³/mol. The molecule has 0 atom stereocenters. The Morgan fingerprint density at radius 1 is 1.09 bits per heavy atom. The Hall–Kier alpha value is -2.92. The molecule has 2 heterocycles. The number of anilines is 1. The maximum Gasteiger partial charge on any atom is 0.257 e. The standard InChI is InChI=1S/C26H26ClN3O2/c1-17(31)29-16-30(20-7-3-2-4-8-20)26(32)23-14-19(13-18-11-12-24(27)28-15-18)21-9-5-6-10-22(21)25(23)29/h5-6,9-12,14-15,20H,2-4,7-8,13,16H2,1H3. The van der Waals surface area contributed by atoms with Crippen LogP contribution in [0.25, 0.3) is 10.8 Å². The van der Waals surface area contributed by atoms with E-state index in [1.807, 2.05) is 35.2 Å². The molecule has 2 aliphatic rings. The van der Waals surface area contributed by atoms with Gasteiger partial charge < -0.3 is 4.90 Å². The Labute approximate surface area is 193 Å². The number of benzene rings is 2. The van der Waals surface area contributed by atoms with Gasteiger partial charge in [-0.1, -0.05) is 61.2 Å². The maximum absolute atomic E-state index is 13.7. The summed E-state index contributed by atoms with van der Waals surface area (Å²) in [6.07, 6.45) is 7.90. The molecule has 0 saturated heterocycles. The third-order valence-electron chi connectivity index (χ3n) is 6.74. The van der Waals surface area contributed by atoms with Gasteiger partial charge in [0.05, 0.1) is 11.3 Å². The van der Waals surface area contributed by atoms with Crippen molar-refractivity contribution < 1.29 is 9.59 Å². The number of pyridine rings is 1. The SMILES string of the molecule is CC(=O)N1CN(C2CCCCC2)C(=O)c2cc(Cc3ccc(Cl)nc3)c3ccccc3c21. The highest BCUT2D eigenvalue weighted by molar-refractivity contribution is 6.29. The fourth-order valence-electron chi connectivity index (χ4n) is 5.14. The molecule has 0 spiro atoms. The van der Waals surface area contributed by atoms with Gasteiger partial charge >= 0.3 is 0 Å². The lowest BCUT2D eigenvalue weighted by Crippen LogP contribution is -2.53. The van der Waals surface area contributed by atoms with E-state index < -0.39 is 0 Å². The second kappa shape index (κ2) is 8.55. The summed E-state index contributed by atoms with van der Waals surface area (Å²) in [5.41, 5.74) is 3.43. The van der Waals surface area contributed by atoms with Crippen molar-refractivity contribution in [3.05, 3.63) is 70.5 Å². The van der Waals surface area contributed by atoms with Crippen LogP contribution in [0.5, 0.6) is 0 Å². The number of hydrogen-bond donors (Lipinski definition) is 0. The predicted octanol–water partition coefficient (Wildman–Crippen LogP) is 5.58. The Kier molecular flexibility index (Phi) is 5.60. The number of halogens is 1. The fraction of sp³-hybridized carbons (Fsp3) is 0.346. The number of rotatable bonds is 3. The van der Waals surface area contributed by atoms with Gasteiger partial charge in [0.15, 0.2) is 0 Å². The first kappa shape index (κ1) is 21.0. The number of nitrogens with zero attached hydrogens (tertiary/aromatic N) is 3. The van der Waals surface area contributed by atoms with E-state index >= 15 is 0 Å². The van der Waals surface area contributed by atoms with Crippen LogP contribution in [-0.2, 0) is 11.2 Å². The number of fused-ring (bicyclic) bond motifs is 3. The maximum atomic E-state index is 13.7. The second-order valence-corrected chi connectivity index (χ2v) is 9.19. The van der Waals surface area contributed by atoms with Gasteiger partial charge in [-0.25, -0.2) is 4.98 Å². The summed E-state index contributed by atoms with van der Waals surface area (Å²) in [7, 11) is 0. The van der Waals surface area contributed by atoms with Crippen molar-refractivity contribution in [2.24, 2.45) is 0 Å². The molecule has 2 aromatic carbocycles. The summed E-state index contributed by atoms with van der Waals surface area (Å²) in [5.74, 6) is -0.00926. The zero-order valence-corrected chi connectivity index (χ0v) is 18.9. The van der Waals surface area contributed by atoms with E-state index in [0.717, 1.165) is 53.3 Å². The topological polar surface area (TPSA) is 53.5 Å². The minimum absolute atomic E-state index is 0.0330. The van der Waals surface area contributed by atoms with Gasteiger partial charge in [-0.15, -0.1) is 0 Å². The van der Waals surface area contributed by atoms with E-state index in [2.05, 4.69) is 11.1 Å². The van der Waals surface area contributed by atoms with Crippen molar-refractivity contribution in [2.45, 2.75) is 51.5 Å². The molecule has 0 radical (unpaired) electrons. The summed E-state index contributed by atoms with van der Waals surface area (Å²) in [6, 6.07) is 14.0. The molecule has 6 heteroatoms. The van der Waals surface area contributed by atoms with Gasteiger partial charge in [0.25, 0.3) is 5.91 Å². The molecule has 2 amide bonds. The minimum atomic E-state index is -0.0423. The summed E-state index contributed by atoms with van der Waals surface area (Å²) < 4.78 is 0. The van der Waals surface area contributed by atoms with Crippen molar-refractivity contribution in [1.29, 1.82) is 0 Å². The van der Waals surface area contributed by atoms with E-state index in [9.17, 15) is 9.59 Å². The van der Waals surface area contributed by atoms with E-state index in [-0.39, 0.29) is 17.9 Å². The van der Waals surface area contributed by atoms with Crippen molar-refractivity contribution in [3.8, 4) is 0 Å². The van der Waals surface area contributed by atoms with Gasteiger partial charge in [-0.3, -0.25) is 14.5 Å². The van der Waals surface area contributed by atoms with Crippen LogP contribution in [0.2, 0.25) is 5.15 Å². The molecule has 1 aromatic heterocycles. The summed E-state index contributed by atoms with van der Waals surface area (Å²) >= 11 is 5.96. The largest absolute Gasteiger partial charge is 0.317 e. The van der Waals surface area contributed by atoms with Crippen LogP contribution in [-0.4, -0.2) is 34.4 Å². The third kappa shape index (κ3) is 3.75. The average Bonchev–Trinajstić information content (AvgIpc) is 2.81. The van der Waals surface area contributed by atoms with Gasteiger partial charge in [0.1, 0.15) is 11.8 Å². The van der Waals surface area contributed by atoms with Crippen LogP contribution < -0.4 is 4.90 Å². The Morgan fingerprint density at radius 3 is 2.53 bits per heavy atom. The molecule has 3 aromatic rings. The normalized spacial score (nSPS) is 17.0. The highest BCUT2D eigenvalue weighted by atomic mass is 35.5. The van der Waals surface area contributed by atoms with Crippen LogP contribution in [0, 0.1) is 0 Å².